The second-order valence-corrected chi connectivity index (χ2v) is 8.21. The molecule has 2 aromatic carbocycles. The molecule has 1 N–H and O–H groups in total. The number of carbonyl (C=O) groups excluding carboxylic acids is 1. The molecule has 0 aliphatic carbocycles. The molecule has 5 rings (SSSR count). The average Bonchev–Trinajstić information content (AvgIpc) is 3.49. The van der Waals surface area contributed by atoms with Crippen molar-refractivity contribution in [1.29, 1.82) is 0 Å². The van der Waals surface area contributed by atoms with Crippen molar-refractivity contribution in [2.45, 2.75) is 19.4 Å². The lowest BCUT2D eigenvalue weighted by molar-refractivity contribution is -0.144. The topological polar surface area (TPSA) is 126 Å². The Morgan fingerprint density at radius 3 is 2.68 bits per heavy atom. The molecule has 0 aliphatic rings. The van der Waals surface area contributed by atoms with Gasteiger partial charge in [-0.05, 0) is 46.8 Å². The first-order valence-corrected chi connectivity index (χ1v) is 11.3. The van der Waals surface area contributed by atoms with E-state index < -0.39 is 11.8 Å². The van der Waals surface area contributed by atoms with Gasteiger partial charge in [0.2, 0.25) is 0 Å². The number of amides is 1. The van der Waals surface area contributed by atoms with Crippen molar-refractivity contribution in [1.82, 2.24) is 34.7 Å². The number of aromatic nitrogens is 7. The van der Waals surface area contributed by atoms with Gasteiger partial charge < -0.3 is 14.8 Å². The summed E-state index contributed by atoms with van der Waals surface area (Å²) >= 11 is 0. The number of tetrazole rings is 1. The molecule has 3 aromatic heterocycles. The largest absolute Gasteiger partial charge is 0.458 e. The maximum atomic E-state index is 15.0. The molecular weight excluding hydrogens is 493 g/mol. The van der Waals surface area contributed by atoms with E-state index in [1.54, 1.807) is 72.3 Å². The number of anilines is 1. The van der Waals surface area contributed by atoms with Crippen molar-refractivity contribution in [3.8, 4) is 17.7 Å². The first-order chi connectivity index (χ1) is 18.3. The van der Waals surface area contributed by atoms with Crippen molar-refractivity contribution in [3.05, 3.63) is 83.8 Å². The molecule has 0 saturated carbocycles. The van der Waals surface area contributed by atoms with Gasteiger partial charge in [-0.25, -0.2) is 19.1 Å². The molecule has 0 spiro atoms. The van der Waals surface area contributed by atoms with E-state index in [2.05, 4.69) is 35.7 Å². The number of hydrogen-bond donors (Lipinski definition) is 1. The number of nitrogens with zero attached hydrogens (tertiary/aromatic N) is 8. The summed E-state index contributed by atoms with van der Waals surface area (Å²) in [6, 6.07) is 18.2. The molecular formula is C25H20FN9O3. The predicted octanol–water partition coefficient (Wildman–Crippen LogP) is 3.78. The lowest BCUT2D eigenvalue weighted by Crippen LogP contribution is -2.41. The third-order valence-corrected chi connectivity index (χ3v) is 5.39. The lowest BCUT2D eigenvalue weighted by Gasteiger charge is -2.21. The smallest absolute Gasteiger partial charge is 0.324 e. The van der Waals surface area contributed by atoms with Crippen LogP contribution >= 0.6 is 0 Å². The number of benzene rings is 2. The zero-order valence-corrected chi connectivity index (χ0v) is 20.2. The normalized spacial score (nSPS) is 12.5. The van der Waals surface area contributed by atoms with E-state index >= 15 is 0 Å². The monoisotopic (exact) mass is 513 g/mol. The van der Waals surface area contributed by atoms with Crippen molar-refractivity contribution in [3.63, 3.8) is 0 Å². The number of aryl methyl sites for hydroxylation is 1. The molecule has 0 fully saturated rings. The summed E-state index contributed by atoms with van der Waals surface area (Å²) in [4.78, 5) is 24.9. The van der Waals surface area contributed by atoms with Crippen LogP contribution in [0.3, 0.4) is 0 Å². The highest BCUT2D eigenvalue weighted by molar-refractivity contribution is 5.95. The van der Waals surface area contributed by atoms with Gasteiger partial charge in [-0.15, -0.1) is 0 Å². The fourth-order valence-corrected chi connectivity index (χ4v) is 3.57. The Morgan fingerprint density at radius 1 is 1.13 bits per heavy atom. The molecule has 0 bridgehead atoms. The number of para-hydroxylation sites is 1. The first-order valence-electron chi connectivity index (χ1n) is 11.3. The fraction of sp³-hybridized carbons (Fsp3) is 0.160. The van der Waals surface area contributed by atoms with Crippen LogP contribution in [0.15, 0.2) is 66.7 Å². The summed E-state index contributed by atoms with van der Waals surface area (Å²) in [7, 11) is 1.66. The molecule has 12 nitrogen and oxygen atoms in total. The number of halogens is 1. The molecule has 38 heavy (non-hydrogen) atoms. The third-order valence-electron chi connectivity index (χ3n) is 5.39. The van der Waals surface area contributed by atoms with Gasteiger partial charge in [-0.1, -0.05) is 35.4 Å². The summed E-state index contributed by atoms with van der Waals surface area (Å²) in [6.07, 6.45) is 0. The molecule has 13 heteroatoms. The van der Waals surface area contributed by atoms with Crippen LogP contribution in [-0.2, 0) is 18.4 Å². The van der Waals surface area contributed by atoms with Crippen LogP contribution in [0, 0.1) is 6.57 Å². The number of alkyl halides is 1. The van der Waals surface area contributed by atoms with Crippen LogP contribution in [-0.4, -0.2) is 46.5 Å². The fourth-order valence-electron chi connectivity index (χ4n) is 3.57. The minimum absolute atomic E-state index is 0.0403. The quantitative estimate of drug-likeness (QED) is 0.311. The second kappa shape index (κ2) is 9.94. The van der Waals surface area contributed by atoms with Crippen LogP contribution < -0.4 is 14.8 Å². The molecule has 190 valence electrons. The van der Waals surface area contributed by atoms with E-state index in [4.69, 9.17) is 16.0 Å². The maximum absolute atomic E-state index is 15.0. The summed E-state index contributed by atoms with van der Waals surface area (Å²) in [5.74, 6) is -2.98. The zero-order chi connectivity index (χ0) is 26.7. The Kier molecular flexibility index (Phi) is 6.36. The molecule has 5 aromatic rings. The van der Waals surface area contributed by atoms with Crippen LogP contribution in [0.1, 0.15) is 12.6 Å². The van der Waals surface area contributed by atoms with Crippen molar-refractivity contribution in [2.75, 3.05) is 5.32 Å². The molecule has 0 radical (unpaired) electrons. The highest BCUT2D eigenvalue weighted by Gasteiger charge is 2.36. The van der Waals surface area contributed by atoms with Gasteiger partial charge in [0.25, 0.3) is 5.95 Å². The SMILES string of the molecule is [C-]#[N+]c1ccc2nc(OCc3cccc(NC(=O)C(C)(F)Oc4ccccc4)n3)n(-c3nnnn3C)c2c1. The number of carbonyl (C=O) groups is 1. The molecule has 1 atom stereocenters. The van der Waals surface area contributed by atoms with E-state index in [1.807, 2.05) is 0 Å². The summed E-state index contributed by atoms with van der Waals surface area (Å²) < 4.78 is 29.1. The van der Waals surface area contributed by atoms with Gasteiger partial charge >= 0.3 is 17.8 Å². The number of imidazole rings is 1. The van der Waals surface area contributed by atoms with Gasteiger partial charge in [0.1, 0.15) is 18.2 Å². The van der Waals surface area contributed by atoms with Crippen LogP contribution in [0.4, 0.5) is 15.9 Å². The van der Waals surface area contributed by atoms with E-state index in [0.29, 0.717) is 28.4 Å². The van der Waals surface area contributed by atoms with Crippen molar-refractivity contribution < 1.29 is 18.7 Å². The lowest BCUT2D eigenvalue weighted by atomic mass is 10.3. The van der Waals surface area contributed by atoms with Crippen molar-refractivity contribution >= 4 is 28.4 Å². The molecule has 0 aliphatic heterocycles. The van der Waals surface area contributed by atoms with E-state index in [-0.39, 0.29) is 24.2 Å². The van der Waals surface area contributed by atoms with E-state index in [1.165, 1.54) is 10.7 Å². The number of fused-ring (bicyclic) bond motifs is 1. The van der Waals surface area contributed by atoms with Gasteiger partial charge in [0.05, 0.1) is 23.3 Å². The summed E-state index contributed by atoms with van der Waals surface area (Å²) in [5, 5.41) is 14.0. The summed E-state index contributed by atoms with van der Waals surface area (Å²) in [5.41, 5.74) is 2.01. The van der Waals surface area contributed by atoms with Crippen LogP contribution in [0.5, 0.6) is 11.8 Å². The maximum Gasteiger partial charge on any atom is 0.324 e. The van der Waals surface area contributed by atoms with E-state index in [0.717, 1.165) is 6.92 Å². The highest BCUT2D eigenvalue weighted by Crippen LogP contribution is 2.29. The van der Waals surface area contributed by atoms with Crippen LogP contribution in [0.25, 0.3) is 21.8 Å². The Bertz CT molecular complexity index is 1660. The Balaban J connectivity index is 1.35. The number of nitrogens with one attached hydrogen (secondary N) is 1. The summed E-state index contributed by atoms with van der Waals surface area (Å²) in [6.45, 7) is 8.30. The number of ether oxygens (including phenoxy) is 2. The number of rotatable bonds is 8. The minimum atomic E-state index is -2.63. The predicted molar refractivity (Wildman–Crippen MR) is 133 cm³/mol. The Labute approximate surface area is 215 Å². The molecule has 1 unspecified atom stereocenters. The molecule has 0 saturated heterocycles. The first kappa shape index (κ1) is 24.3. The second-order valence-electron chi connectivity index (χ2n) is 8.21. The Hall–Kier alpha value is -5.38. The molecule has 3 heterocycles. The van der Waals surface area contributed by atoms with Crippen LogP contribution in [0.2, 0.25) is 0 Å². The minimum Gasteiger partial charge on any atom is -0.458 e. The average molecular weight is 513 g/mol. The molecule has 1 amide bonds. The standard InChI is InChI=1S/C25H20FN9O3/c1-25(26,38-18-9-5-4-6-10-18)22(36)30-21-11-7-8-17(28-21)15-37-24-29-19-13-12-16(27-2)14-20(19)35(24)23-31-32-33-34(23)3/h4-14H,15H2,1,3H3,(H,28,30,36). The van der Waals surface area contributed by atoms with Crippen molar-refractivity contribution in [2.24, 2.45) is 7.05 Å². The zero-order valence-electron chi connectivity index (χ0n) is 20.2. The Morgan fingerprint density at radius 2 is 1.95 bits per heavy atom. The van der Waals surface area contributed by atoms with Gasteiger partial charge in [0.15, 0.2) is 5.69 Å². The van der Waals surface area contributed by atoms with Gasteiger partial charge in [-0.2, -0.15) is 9.37 Å². The number of pyridine rings is 1. The third kappa shape index (κ3) is 4.96. The highest BCUT2D eigenvalue weighted by atomic mass is 19.2. The number of hydrogen-bond acceptors (Lipinski definition) is 8. The van der Waals surface area contributed by atoms with E-state index in [9.17, 15) is 9.18 Å². The van der Waals surface area contributed by atoms with Gasteiger partial charge in [-0.3, -0.25) is 4.79 Å². The van der Waals surface area contributed by atoms with Gasteiger partial charge in [0, 0.05) is 14.0 Å².